The molecule has 12 nitrogen and oxygen atoms in total. The third-order valence-electron chi connectivity index (χ3n) is 6.52. The molecule has 0 bridgehead atoms. The number of H-pyrrole nitrogens is 2. The van der Waals surface area contributed by atoms with Crippen LogP contribution in [0.1, 0.15) is 12.8 Å². The van der Waals surface area contributed by atoms with Crippen LogP contribution in [-0.4, -0.2) is 62.8 Å². The summed E-state index contributed by atoms with van der Waals surface area (Å²) in [5.74, 6) is 1.16. The summed E-state index contributed by atoms with van der Waals surface area (Å²) in [5.41, 5.74) is 5.53. The smallest absolute Gasteiger partial charge is 0.411 e. The van der Waals surface area contributed by atoms with Crippen molar-refractivity contribution in [3.8, 4) is 28.0 Å². The fourth-order valence-electron chi connectivity index (χ4n) is 4.58. The van der Waals surface area contributed by atoms with Gasteiger partial charge in [-0.05, 0) is 55.8 Å². The molecule has 39 heavy (non-hydrogen) atoms. The zero-order chi connectivity index (χ0) is 26.6. The van der Waals surface area contributed by atoms with E-state index in [0.29, 0.717) is 17.3 Å². The number of anilines is 3. The number of benzene rings is 2. The molecule has 0 atom stereocenters. The number of hydrogen-bond donors (Lipinski definition) is 5. The molecule has 0 spiro atoms. The molecule has 1 aliphatic rings. The highest BCUT2D eigenvalue weighted by atomic mass is 16.5. The van der Waals surface area contributed by atoms with Crippen molar-refractivity contribution in [2.45, 2.75) is 18.9 Å². The highest BCUT2D eigenvalue weighted by molar-refractivity contribution is 5.89. The second-order valence-corrected chi connectivity index (χ2v) is 9.18. The fourth-order valence-corrected chi connectivity index (χ4v) is 4.58. The van der Waals surface area contributed by atoms with Gasteiger partial charge in [-0.15, -0.1) is 0 Å². The van der Waals surface area contributed by atoms with Crippen molar-refractivity contribution in [2.75, 3.05) is 30.8 Å². The maximum absolute atomic E-state index is 11.9. The first-order valence-corrected chi connectivity index (χ1v) is 12.6. The van der Waals surface area contributed by atoms with E-state index in [0.717, 1.165) is 64.8 Å². The van der Waals surface area contributed by atoms with Crippen LogP contribution in [0.5, 0.6) is 5.75 Å². The molecule has 0 saturated carbocycles. The van der Waals surface area contributed by atoms with Crippen molar-refractivity contribution < 1.29 is 14.3 Å². The van der Waals surface area contributed by atoms with Crippen LogP contribution >= 0.6 is 0 Å². The molecule has 2 aromatic carbocycles. The number of ether oxygens (including phenoxy) is 2. The Morgan fingerprint density at radius 3 is 2.44 bits per heavy atom. The molecule has 1 saturated heterocycles. The SMILES string of the molecule is COC(=O)Nc1cc(Nc2ncc3cc(-c4cn[nH]c4)c(OC4CCNCC4)cc3n2)cc(-c2cn[nH]c2)c1. The monoisotopic (exact) mass is 525 g/mol. The minimum Gasteiger partial charge on any atom is -0.490 e. The van der Waals surface area contributed by atoms with E-state index in [4.69, 9.17) is 14.5 Å². The average Bonchev–Trinajstić information content (AvgIpc) is 3.68. The van der Waals surface area contributed by atoms with E-state index in [1.54, 1.807) is 30.9 Å². The molecule has 0 radical (unpaired) electrons. The molecule has 5 N–H and O–H groups in total. The van der Waals surface area contributed by atoms with Crippen molar-refractivity contribution in [3.63, 3.8) is 0 Å². The summed E-state index contributed by atoms with van der Waals surface area (Å²) in [4.78, 5) is 21.2. The summed E-state index contributed by atoms with van der Waals surface area (Å²) < 4.78 is 11.2. The van der Waals surface area contributed by atoms with Crippen LogP contribution in [0.3, 0.4) is 0 Å². The lowest BCUT2D eigenvalue weighted by molar-refractivity contribution is 0.163. The van der Waals surface area contributed by atoms with Crippen molar-refractivity contribution in [1.29, 1.82) is 0 Å². The number of amides is 1. The van der Waals surface area contributed by atoms with Crippen molar-refractivity contribution in [1.82, 2.24) is 35.7 Å². The van der Waals surface area contributed by atoms with Gasteiger partial charge in [-0.1, -0.05) is 0 Å². The number of piperidine rings is 1. The van der Waals surface area contributed by atoms with Gasteiger partial charge in [0.25, 0.3) is 0 Å². The first kappa shape index (κ1) is 24.4. The summed E-state index contributed by atoms with van der Waals surface area (Å²) in [6.45, 7) is 1.86. The molecule has 5 aromatic rings. The van der Waals surface area contributed by atoms with Gasteiger partial charge in [0, 0.05) is 58.1 Å². The molecule has 6 rings (SSSR count). The number of aromatic amines is 2. The summed E-state index contributed by atoms with van der Waals surface area (Å²) in [6.07, 6.45) is 10.3. The summed E-state index contributed by atoms with van der Waals surface area (Å²) in [5, 5.41) is 24.1. The second-order valence-electron chi connectivity index (χ2n) is 9.18. The van der Waals surface area contributed by atoms with E-state index in [1.807, 2.05) is 30.5 Å². The zero-order valence-corrected chi connectivity index (χ0v) is 21.2. The second kappa shape index (κ2) is 10.8. The number of nitrogens with zero attached hydrogens (tertiary/aromatic N) is 4. The first-order valence-electron chi connectivity index (χ1n) is 12.6. The summed E-state index contributed by atoms with van der Waals surface area (Å²) >= 11 is 0. The minimum atomic E-state index is -0.568. The Hall–Kier alpha value is -4.97. The standard InChI is InChI=1S/C27H27N9O3/c1-38-27(37)35-21-7-16(18-12-30-31-13-18)6-20(9-21)34-26-29-11-17-8-23(19-14-32-33-15-19)25(10-24(17)36-26)39-22-2-4-28-5-3-22/h6-15,22,28H,2-5H2,1H3,(H,30,31)(H,32,33)(H,35,37)(H,29,34,36). The molecule has 1 aliphatic heterocycles. The zero-order valence-electron chi connectivity index (χ0n) is 21.2. The Morgan fingerprint density at radius 2 is 1.69 bits per heavy atom. The third kappa shape index (κ3) is 5.50. The third-order valence-corrected chi connectivity index (χ3v) is 6.52. The van der Waals surface area contributed by atoms with Gasteiger partial charge in [0.1, 0.15) is 11.9 Å². The summed E-state index contributed by atoms with van der Waals surface area (Å²) in [6, 6.07) is 9.52. The van der Waals surface area contributed by atoms with Gasteiger partial charge < -0.3 is 20.1 Å². The number of methoxy groups -OCH3 is 1. The Balaban J connectivity index is 1.34. The van der Waals surface area contributed by atoms with Gasteiger partial charge in [-0.2, -0.15) is 10.2 Å². The van der Waals surface area contributed by atoms with Gasteiger partial charge in [-0.3, -0.25) is 15.5 Å². The van der Waals surface area contributed by atoms with Crippen LogP contribution in [0.2, 0.25) is 0 Å². The molecule has 0 unspecified atom stereocenters. The van der Waals surface area contributed by atoms with Crippen molar-refractivity contribution in [3.05, 3.63) is 61.3 Å². The number of fused-ring (bicyclic) bond motifs is 1. The molecule has 4 heterocycles. The quantitative estimate of drug-likeness (QED) is 0.207. The normalized spacial score (nSPS) is 13.8. The van der Waals surface area contributed by atoms with Crippen LogP contribution in [0, 0.1) is 0 Å². The molecule has 1 amide bonds. The van der Waals surface area contributed by atoms with Crippen LogP contribution in [0.25, 0.3) is 33.2 Å². The molecule has 1 fully saturated rings. The van der Waals surface area contributed by atoms with Gasteiger partial charge >= 0.3 is 6.09 Å². The largest absolute Gasteiger partial charge is 0.490 e. The lowest BCUT2D eigenvalue weighted by atomic mass is 10.0. The number of rotatable bonds is 7. The number of nitrogens with one attached hydrogen (secondary N) is 5. The highest BCUT2D eigenvalue weighted by Gasteiger charge is 2.19. The minimum absolute atomic E-state index is 0.125. The van der Waals surface area contributed by atoms with Crippen molar-refractivity contribution in [2.24, 2.45) is 0 Å². The summed E-state index contributed by atoms with van der Waals surface area (Å²) in [7, 11) is 1.32. The van der Waals surface area contributed by atoms with Gasteiger partial charge in [-0.25, -0.2) is 14.8 Å². The Labute approximate surface area is 223 Å². The van der Waals surface area contributed by atoms with Gasteiger partial charge in [0.15, 0.2) is 0 Å². The lowest BCUT2D eigenvalue weighted by Gasteiger charge is -2.25. The van der Waals surface area contributed by atoms with Crippen LogP contribution in [0.4, 0.5) is 22.1 Å². The maximum atomic E-state index is 11.9. The number of hydrogen-bond acceptors (Lipinski definition) is 9. The fraction of sp³-hybridized carbons (Fsp3) is 0.222. The lowest BCUT2D eigenvalue weighted by Crippen LogP contribution is -2.34. The molecular weight excluding hydrogens is 498 g/mol. The number of carbonyl (C=O) groups excluding carboxylic acids is 1. The van der Waals surface area contributed by atoms with Crippen LogP contribution in [0.15, 0.2) is 61.3 Å². The Kier molecular flexibility index (Phi) is 6.75. The van der Waals surface area contributed by atoms with E-state index >= 15 is 0 Å². The molecule has 3 aromatic heterocycles. The molecule has 0 aliphatic carbocycles. The number of carbonyl (C=O) groups is 1. The molecule has 12 heteroatoms. The molecule has 198 valence electrons. The predicted molar refractivity (Wildman–Crippen MR) is 147 cm³/mol. The molecular formula is C27H27N9O3. The predicted octanol–water partition coefficient (Wildman–Crippen LogP) is 4.46. The van der Waals surface area contributed by atoms with E-state index < -0.39 is 6.09 Å². The first-order chi connectivity index (χ1) is 19.1. The van der Waals surface area contributed by atoms with Crippen LogP contribution in [-0.2, 0) is 4.74 Å². The number of aromatic nitrogens is 6. The van der Waals surface area contributed by atoms with Crippen molar-refractivity contribution >= 4 is 34.3 Å². The highest BCUT2D eigenvalue weighted by Crippen LogP contribution is 2.35. The van der Waals surface area contributed by atoms with E-state index in [9.17, 15) is 4.79 Å². The van der Waals surface area contributed by atoms with Gasteiger partial charge in [0.05, 0.1) is 25.0 Å². The van der Waals surface area contributed by atoms with E-state index in [2.05, 4.69) is 41.3 Å². The van der Waals surface area contributed by atoms with Gasteiger partial charge in [0.2, 0.25) is 5.95 Å². The maximum Gasteiger partial charge on any atom is 0.411 e. The average molecular weight is 526 g/mol. The topological polar surface area (TPSA) is 155 Å². The van der Waals surface area contributed by atoms with E-state index in [1.165, 1.54) is 7.11 Å². The Morgan fingerprint density at radius 1 is 0.923 bits per heavy atom. The Bertz CT molecular complexity index is 1580. The van der Waals surface area contributed by atoms with Crippen LogP contribution < -0.4 is 20.7 Å². The van der Waals surface area contributed by atoms with E-state index in [-0.39, 0.29) is 6.10 Å².